The van der Waals surface area contributed by atoms with Gasteiger partial charge in [-0.15, -0.1) is 0 Å². The third kappa shape index (κ3) is 1.82. The molecule has 0 bridgehead atoms. The van der Waals surface area contributed by atoms with E-state index in [1.54, 1.807) is 12.1 Å². The van der Waals surface area contributed by atoms with Gasteiger partial charge < -0.3 is 9.84 Å². The number of phenols is 1. The summed E-state index contributed by atoms with van der Waals surface area (Å²) >= 11 is 0. The molecule has 0 atom stereocenters. The lowest BCUT2D eigenvalue weighted by atomic mass is 10.1. The summed E-state index contributed by atoms with van der Waals surface area (Å²) in [4.78, 5) is 3.65. The fraction of sp³-hybridized carbons (Fsp3) is 0.0833. The van der Waals surface area contributed by atoms with Gasteiger partial charge in [0.05, 0.1) is 13.3 Å². The number of rotatable bonds is 2. The summed E-state index contributed by atoms with van der Waals surface area (Å²) in [6.45, 7) is 0. The predicted octanol–water partition coefficient (Wildman–Crippen LogP) is 2.60. The van der Waals surface area contributed by atoms with E-state index in [4.69, 9.17) is 4.74 Å². The lowest BCUT2D eigenvalue weighted by Gasteiger charge is -2.07. The zero-order valence-electron chi connectivity index (χ0n) is 8.64. The minimum atomic E-state index is -0.481. The van der Waals surface area contributed by atoms with Crippen LogP contribution in [0, 0.1) is 5.82 Å². The standard InChI is InChI=1S/C12H10FNO2/c1-16-8-2-3-12(15)10(6-8)9-4-5-14-7-11(9)13/h2-7,15H,1H3. The summed E-state index contributed by atoms with van der Waals surface area (Å²) in [5, 5.41) is 9.67. The molecule has 16 heavy (non-hydrogen) atoms. The number of pyridine rings is 1. The Morgan fingerprint density at radius 3 is 2.75 bits per heavy atom. The van der Waals surface area contributed by atoms with E-state index >= 15 is 0 Å². The van der Waals surface area contributed by atoms with Gasteiger partial charge in [0.15, 0.2) is 0 Å². The van der Waals surface area contributed by atoms with E-state index in [-0.39, 0.29) is 5.75 Å². The van der Waals surface area contributed by atoms with Crippen LogP contribution in [0.15, 0.2) is 36.7 Å². The van der Waals surface area contributed by atoms with E-state index in [9.17, 15) is 9.50 Å². The molecule has 82 valence electrons. The van der Waals surface area contributed by atoms with E-state index in [0.29, 0.717) is 16.9 Å². The van der Waals surface area contributed by atoms with Crippen LogP contribution >= 0.6 is 0 Å². The van der Waals surface area contributed by atoms with Crippen molar-refractivity contribution >= 4 is 0 Å². The second kappa shape index (κ2) is 4.18. The van der Waals surface area contributed by atoms with Crippen molar-refractivity contribution in [1.29, 1.82) is 0 Å². The Balaban J connectivity index is 2.59. The molecule has 0 amide bonds. The number of ether oxygens (including phenoxy) is 1. The van der Waals surface area contributed by atoms with E-state index in [1.807, 2.05) is 0 Å². The molecule has 3 nitrogen and oxygen atoms in total. The minimum absolute atomic E-state index is 0.00546. The van der Waals surface area contributed by atoms with Gasteiger partial charge in [0.2, 0.25) is 0 Å². The zero-order chi connectivity index (χ0) is 11.5. The van der Waals surface area contributed by atoms with Crippen LogP contribution in [-0.2, 0) is 0 Å². The number of benzene rings is 1. The number of methoxy groups -OCH3 is 1. The molecule has 0 spiro atoms. The zero-order valence-corrected chi connectivity index (χ0v) is 8.64. The molecule has 0 aliphatic heterocycles. The van der Waals surface area contributed by atoms with Crippen molar-refractivity contribution in [1.82, 2.24) is 4.98 Å². The van der Waals surface area contributed by atoms with Gasteiger partial charge in [0.1, 0.15) is 17.3 Å². The van der Waals surface area contributed by atoms with Crippen molar-refractivity contribution < 1.29 is 14.2 Å². The Kier molecular flexibility index (Phi) is 2.72. The second-order valence-corrected chi connectivity index (χ2v) is 3.24. The quantitative estimate of drug-likeness (QED) is 0.844. The van der Waals surface area contributed by atoms with Crippen molar-refractivity contribution in [2.24, 2.45) is 0 Å². The summed E-state index contributed by atoms with van der Waals surface area (Å²) in [5.41, 5.74) is 0.686. The maximum atomic E-state index is 13.5. The number of aromatic hydroxyl groups is 1. The fourth-order valence-corrected chi connectivity index (χ4v) is 1.45. The van der Waals surface area contributed by atoms with Crippen LogP contribution in [0.5, 0.6) is 11.5 Å². The first-order chi connectivity index (χ1) is 7.72. The maximum Gasteiger partial charge on any atom is 0.149 e. The minimum Gasteiger partial charge on any atom is -0.507 e. The van der Waals surface area contributed by atoms with Gasteiger partial charge in [-0.3, -0.25) is 4.98 Å². The summed E-state index contributed by atoms with van der Waals surface area (Å²) in [5.74, 6) is 0.0842. The monoisotopic (exact) mass is 219 g/mol. The second-order valence-electron chi connectivity index (χ2n) is 3.24. The first-order valence-corrected chi connectivity index (χ1v) is 4.69. The summed E-state index contributed by atoms with van der Waals surface area (Å²) < 4.78 is 18.5. The topological polar surface area (TPSA) is 42.4 Å². The maximum absolute atomic E-state index is 13.5. The molecule has 4 heteroatoms. The van der Waals surface area contributed by atoms with Crippen LogP contribution in [0.2, 0.25) is 0 Å². The largest absolute Gasteiger partial charge is 0.507 e. The van der Waals surface area contributed by atoms with Crippen LogP contribution in [0.3, 0.4) is 0 Å². The number of nitrogens with zero attached hydrogens (tertiary/aromatic N) is 1. The molecule has 0 saturated heterocycles. The molecular formula is C12H10FNO2. The van der Waals surface area contributed by atoms with Gasteiger partial charge >= 0.3 is 0 Å². The molecule has 1 aromatic heterocycles. The molecule has 0 fully saturated rings. The average molecular weight is 219 g/mol. The van der Waals surface area contributed by atoms with Gasteiger partial charge in [-0.1, -0.05) is 0 Å². The highest BCUT2D eigenvalue weighted by atomic mass is 19.1. The summed E-state index contributed by atoms with van der Waals surface area (Å²) in [7, 11) is 1.51. The van der Waals surface area contributed by atoms with Crippen molar-refractivity contribution in [2.45, 2.75) is 0 Å². The molecule has 0 radical (unpaired) electrons. The Hall–Kier alpha value is -2.10. The predicted molar refractivity (Wildman–Crippen MR) is 57.8 cm³/mol. The number of hydrogen-bond acceptors (Lipinski definition) is 3. The molecule has 0 aliphatic rings. The first kappa shape index (κ1) is 10.4. The van der Waals surface area contributed by atoms with Gasteiger partial charge in [-0.05, 0) is 24.3 Å². The first-order valence-electron chi connectivity index (χ1n) is 4.69. The number of aromatic nitrogens is 1. The van der Waals surface area contributed by atoms with Crippen molar-refractivity contribution in [2.75, 3.05) is 7.11 Å². The molecular weight excluding hydrogens is 209 g/mol. The van der Waals surface area contributed by atoms with Crippen LogP contribution < -0.4 is 4.74 Å². The Morgan fingerprint density at radius 1 is 1.25 bits per heavy atom. The lowest BCUT2D eigenvalue weighted by molar-refractivity contribution is 0.412. The molecule has 1 heterocycles. The van der Waals surface area contributed by atoms with Crippen molar-refractivity contribution in [3.05, 3.63) is 42.5 Å². The Bertz CT molecular complexity index is 514. The molecule has 1 N–H and O–H groups in total. The molecule has 0 aliphatic carbocycles. The molecule has 2 aromatic rings. The van der Waals surface area contributed by atoms with Gasteiger partial charge in [0.25, 0.3) is 0 Å². The van der Waals surface area contributed by atoms with Crippen molar-refractivity contribution in [3.8, 4) is 22.6 Å². The Labute approximate surface area is 92.1 Å². The third-order valence-electron chi connectivity index (χ3n) is 2.27. The van der Waals surface area contributed by atoms with E-state index in [1.165, 1.54) is 25.4 Å². The van der Waals surface area contributed by atoms with Gasteiger partial charge in [-0.25, -0.2) is 4.39 Å². The SMILES string of the molecule is COc1ccc(O)c(-c2ccncc2F)c1. The number of halogens is 1. The average Bonchev–Trinajstić information content (AvgIpc) is 2.31. The molecule has 0 saturated carbocycles. The Morgan fingerprint density at radius 2 is 2.06 bits per heavy atom. The van der Waals surface area contributed by atoms with Crippen LogP contribution in [0.1, 0.15) is 0 Å². The third-order valence-corrected chi connectivity index (χ3v) is 2.27. The number of phenolic OH excluding ortho intramolecular Hbond substituents is 1. The highest BCUT2D eigenvalue weighted by Gasteiger charge is 2.10. The smallest absolute Gasteiger partial charge is 0.149 e. The summed E-state index contributed by atoms with van der Waals surface area (Å²) in [6, 6.07) is 6.16. The van der Waals surface area contributed by atoms with Gasteiger partial charge in [0, 0.05) is 17.3 Å². The van der Waals surface area contributed by atoms with Crippen molar-refractivity contribution in [3.63, 3.8) is 0 Å². The van der Waals surface area contributed by atoms with E-state index < -0.39 is 5.82 Å². The van der Waals surface area contributed by atoms with Gasteiger partial charge in [-0.2, -0.15) is 0 Å². The lowest BCUT2D eigenvalue weighted by Crippen LogP contribution is -1.88. The van der Waals surface area contributed by atoms with Crippen LogP contribution in [0.4, 0.5) is 4.39 Å². The van der Waals surface area contributed by atoms with Crippen LogP contribution in [0.25, 0.3) is 11.1 Å². The van der Waals surface area contributed by atoms with E-state index in [2.05, 4.69) is 4.98 Å². The number of hydrogen-bond donors (Lipinski definition) is 1. The van der Waals surface area contributed by atoms with E-state index in [0.717, 1.165) is 6.20 Å². The normalized spacial score (nSPS) is 10.1. The molecule has 1 aromatic carbocycles. The summed E-state index contributed by atoms with van der Waals surface area (Å²) in [6.07, 6.45) is 2.57. The fourth-order valence-electron chi connectivity index (χ4n) is 1.45. The molecule has 2 rings (SSSR count). The highest BCUT2D eigenvalue weighted by molar-refractivity contribution is 5.71. The highest BCUT2D eigenvalue weighted by Crippen LogP contribution is 2.33. The van der Waals surface area contributed by atoms with Crippen LogP contribution in [-0.4, -0.2) is 17.2 Å². The molecule has 0 unspecified atom stereocenters.